The summed E-state index contributed by atoms with van der Waals surface area (Å²) in [5, 5.41) is 12.7. The van der Waals surface area contributed by atoms with Gasteiger partial charge in [-0.1, -0.05) is 11.6 Å². The van der Waals surface area contributed by atoms with E-state index in [0.29, 0.717) is 16.4 Å². The van der Waals surface area contributed by atoms with Crippen LogP contribution in [0.2, 0.25) is 5.02 Å². The van der Waals surface area contributed by atoms with E-state index in [9.17, 15) is 9.90 Å². The van der Waals surface area contributed by atoms with Crippen molar-refractivity contribution in [3.63, 3.8) is 0 Å². The maximum atomic E-state index is 11.2. The minimum Gasteiger partial charge on any atom is -0.478 e. The summed E-state index contributed by atoms with van der Waals surface area (Å²) in [4.78, 5) is 13.4. The fourth-order valence-corrected chi connectivity index (χ4v) is 2.48. The summed E-state index contributed by atoms with van der Waals surface area (Å²) in [5.41, 5.74) is 6.54. The Morgan fingerprint density at radius 1 is 1.61 bits per heavy atom. The predicted octanol–water partition coefficient (Wildman–Crippen LogP) is 1.74. The van der Waals surface area contributed by atoms with Crippen LogP contribution >= 0.6 is 11.6 Å². The number of carbonyl (C=O) groups is 1. The molecule has 1 aliphatic heterocycles. The summed E-state index contributed by atoms with van der Waals surface area (Å²) >= 11 is 6.07. The fraction of sp³-hybridized carbons (Fsp3) is 0.417. The monoisotopic (exact) mass is 269 g/mol. The molecule has 0 bridgehead atoms. The molecular formula is C12H16ClN3O2. The molecule has 1 aromatic carbocycles. The van der Waals surface area contributed by atoms with Gasteiger partial charge in [0.2, 0.25) is 0 Å². The van der Waals surface area contributed by atoms with Gasteiger partial charge in [-0.3, -0.25) is 0 Å². The van der Waals surface area contributed by atoms with Crippen LogP contribution in [-0.2, 0) is 0 Å². The molecule has 1 heterocycles. The van der Waals surface area contributed by atoms with Gasteiger partial charge >= 0.3 is 5.97 Å². The largest absolute Gasteiger partial charge is 0.478 e. The zero-order valence-corrected chi connectivity index (χ0v) is 10.9. The molecule has 6 heteroatoms. The first-order valence-corrected chi connectivity index (χ1v) is 6.12. The molecule has 1 fully saturated rings. The first kappa shape index (κ1) is 13.0. The van der Waals surface area contributed by atoms with Crippen LogP contribution in [-0.4, -0.2) is 42.2 Å². The lowest BCUT2D eigenvalue weighted by atomic mass is 10.1. The summed E-state index contributed by atoms with van der Waals surface area (Å²) in [6, 6.07) is 3.21. The topological polar surface area (TPSA) is 78.6 Å². The molecule has 0 aromatic heterocycles. The Bertz CT molecular complexity index is 479. The second kappa shape index (κ2) is 5.04. The zero-order chi connectivity index (χ0) is 13.3. The van der Waals surface area contributed by atoms with Crippen molar-refractivity contribution >= 4 is 28.9 Å². The number of aromatic carboxylic acids is 1. The maximum absolute atomic E-state index is 11.2. The molecule has 1 aliphatic rings. The van der Waals surface area contributed by atoms with Gasteiger partial charge in [-0.25, -0.2) is 4.79 Å². The van der Waals surface area contributed by atoms with Crippen molar-refractivity contribution < 1.29 is 9.90 Å². The van der Waals surface area contributed by atoms with Crippen LogP contribution < -0.4 is 11.1 Å². The van der Waals surface area contributed by atoms with Crippen molar-refractivity contribution in [1.29, 1.82) is 0 Å². The number of nitrogens with zero attached hydrogens (tertiary/aromatic N) is 1. The van der Waals surface area contributed by atoms with E-state index in [1.807, 2.05) is 7.05 Å². The molecule has 1 unspecified atom stereocenters. The van der Waals surface area contributed by atoms with E-state index in [1.54, 1.807) is 6.07 Å². The second-order valence-corrected chi connectivity index (χ2v) is 5.03. The maximum Gasteiger partial charge on any atom is 0.337 e. The number of hydrogen-bond acceptors (Lipinski definition) is 4. The summed E-state index contributed by atoms with van der Waals surface area (Å²) in [6.45, 7) is 1.87. The SMILES string of the molecule is CN1CCC(Nc2c(Cl)cc(N)cc2C(=O)O)C1. The molecule has 0 aliphatic carbocycles. The number of halogens is 1. The standard InChI is InChI=1S/C12H16ClN3O2/c1-16-3-2-8(6-16)15-11-9(12(17)18)4-7(14)5-10(11)13/h4-5,8,15H,2-3,6,14H2,1H3,(H,17,18). The number of benzene rings is 1. The van der Waals surface area contributed by atoms with Crippen molar-refractivity contribution in [3.05, 3.63) is 22.7 Å². The average molecular weight is 270 g/mol. The van der Waals surface area contributed by atoms with Gasteiger partial charge in [0.1, 0.15) is 0 Å². The highest BCUT2D eigenvalue weighted by molar-refractivity contribution is 6.34. The smallest absolute Gasteiger partial charge is 0.337 e. The quantitative estimate of drug-likeness (QED) is 0.729. The molecule has 1 atom stereocenters. The molecule has 0 radical (unpaired) electrons. The van der Waals surface area contributed by atoms with Crippen molar-refractivity contribution in [2.75, 3.05) is 31.2 Å². The summed E-state index contributed by atoms with van der Waals surface area (Å²) < 4.78 is 0. The van der Waals surface area contributed by atoms with Gasteiger partial charge < -0.3 is 21.1 Å². The molecule has 18 heavy (non-hydrogen) atoms. The number of rotatable bonds is 3. The van der Waals surface area contributed by atoms with E-state index in [0.717, 1.165) is 19.5 Å². The van der Waals surface area contributed by atoms with Gasteiger partial charge in [-0.2, -0.15) is 0 Å². The van der Waals surface area contributed by atoms with Crippen LogP contribution in [0.15, 0.2) is 12.1 Å². The molecule has 4 N–H and O–H groups in total. The summed E-state index contributed by atoms with van der Waals surface area (Å²) in [6.07, 6.45) is 0.969. The Kier molecular flexibility index (Phi) is 3.63. The number of carboxylic acid groups (broad SMARTS) is 1. The Hall–Kier alpha value is -1.46. The van der Waals surface area contributed by atoms with E-state index in [4.69, 9.17) is 17.3 Å². The van der Waals surface area contributed by atoms with Crippen LogP contribution in [0.1, 0.15) is 16.8 Å². The fourth-order valence-electron chi connectivity index (χ4n) is 2.20. The molecule has 98 valence electrons. The van der Waals surface area contributed by atoms with Gasteiger partial charge in [-0.15, -0.1) is 0 Å². The summed E-state index contributed by atoms with van der Waals surface area (Å²) in [7, 11) is 2.03. The third kappa shape index (κ3) is 2.68. The van der Waals surface area contributed by atoms with E-state index < -0.39 is 5.97 Å². The first-order valence-electron chi connectivity index (χ1n) is 5.74. The first-order chi connectivity index (χ1) is 8.47. The van der Waals surface area contributed by atoms with E-state index in [2.05, 4.69) is 10.2 Å². The Balaban J connectivity index is 2.28. The van der Waals surface area contributed by atoms with Crippen molar-refractivity contribution in [2.45, 2.75) is 12.5 Å². The predicted molar refractivity (Wildman–Crippen MR) is 72.3 cm³/mol. The number of anilines is 2. The highest BCUT2D eigenvalue weighted by Crippen LogP contribution is 2.30. The van der Waals surface area contributed by atoms with Crippen molar-refractivity contribution in [2.24, 2.45) is 0 Å². The van der Waals surface area contributed by atoms with Crippen LogP contribution in [0.4, 0.5) is 11.4 Å². The number of nitrogens with two attached hydrogens (primary N) is 1. The van der Waals surface area contributed by atoms with Crippen molar-refractivity contribution in [1.82, 2.24) is 4.90 Å². The van der Waals surface area contributed by atoms with Crippen LogP contribution in [0.3, 0.4) is 0 Å². The van der Waals surface area contributed by atoms with Crippen LogP contribution in [0, 0.1) is 0 Å². The molecule has 0 amide bonds. The highest BCUT2D eigenvalue weighted by atomic mass is 35.5. The number of carboxylic acids is 1. The van der Waals surface area contributed by atoms with E-state index >= 15 is 0 Å². The number of nitrogen functional groups attached to an aromatic ring is 1. The molecule has 2 rings (SSSR count). The third-order valence-corrected chi connectivity index (χ3v) is 3.38. The van der Waals surface area contributed by atoms with E-state index in [1.165, 1.54) is 6.07 Å². The number of likely N-dealkylation sites (N-methyl/N-ethyl adjacent to an activating group) is 1. The van der Waals surface area contributed by atoms with Gasteiger partial charge in [-0.05, 0) is 32.1 Å². The molecule has 1 aromatic rings. The normalized spacial score (nSPS) is 20.0. The lowest BCUT2D eigenvalue weighted by Gasteiger charge is -2.18. The van der Waals surface area contributed by atoms with Crippen LogP contribution in [0.5, 0.6) is 0 Å². The van der Waals surface area contributed by atoms with Gasteiger partial charge in [0.15, 0.2) is 0 Å². The van der Waals surface area contributed by atoms with Crippen molar-refractivity contribution in [3.8, 4) is 0 Å². The number of nitrogens with one attached hydrogen (secondary N) is 1. The molecule has 0 saturated carbocycles. The average Bonchev–Trinajstić information content (AvgIpc) is 2.67. The second-order valence-electron chi connectivity index (χ2n) is 4.62. The minimum absolute atomic E-state index is 0.120. The molecule has 1 saturated heterocycles. The lowest BCUT2D eigenvalue weighted by Crippen LogP contribution is -2.24. The highest BCUT2D eigenvalue weighted by Gasteiger charge is 2.23. The number of hydrogen-bond donors (Lipinski definition) is 3. The van der Waals surface area contributed by atoms with Gasteiger partial charge in [0.25, 0.3) is 0 Å². The molecular weight excluding hydrogens is 254 g/mol. The minimum atomic E-state index is -1.03. The zero-order valence-electron chi connectivity index (χ0n) is 10.1. The third-order valence-electron chi connectivity index (χ3n) is 3.08. The van der Waals surface area contributed by atoms with Gasteiger partial charge in [0, 0.05) is 18.3 Å². The Morgan fingerprint density at radius 3 is 2.89 bits per heavy atom. The molecule has 5 nitrogen and oxygen atoms in total. The molecule has 0 spiro atoms. The summed E-state index contributed by atoms with van der Waals surface area (Å²) in [5.74, 6) is -1.03. The Labute approximate surface area is 111 Å². The Morgan fingerprint density at radius 2 is 2.33 bits per heavy atom. The lowest BCUT2D eigenvalue weighted by molar-refractivity contribution is 0.0698. The van der Waals surface area contributed by atoms with Gasteiger partial charge in [0.05, 0.1) is 16.3 Å². The number of likely N-dealkylation sites (tertiary alicyclic amines) is 1. The van der Waals surface area contributed by atoms with E-state index in [-0.39, 0.29) is 11.6 Å². The van der Waals surface area contributed by atoms with Crippen LogP contribution in [0.25, 0.3) is 0 Å².